The van der Waals surface area contributed by atoms with Crippen LogP contribution in [0.4, 0.5) is 0 Å². The molecule has 2 aromatic rings. The van der Waals surface area contributed by atoms with E-state index in [0.29, 0.717) is 17.4 Å². The van der Waals surface area contributed by atoms with Crippen molar-refractivity contribution in [2.24, 2.45) is 5.92 Å². The molecule has 0 saturated heterocycles. The zero-order chi connectivity index (χ0) is 15.7. The second-order valence-electron chi connectivity index (χ2n) is 5.78. The summed E-state index contributed by atoms with van der Waals surface area (Å²) >= 11 is 5.98. The zero-order valence-electron chi connectivity index (χ0n) is 12.0. The van der Waals surface area contributed by atoms with Crippen molar-refractivity contribution in [3.8, 4) is 0 Å². The van der Waals surface area contributed by atoms with Gasteiger partial charge in [-0.1, -0.05) is 30.5 Å². The molecular weight excluding hydrogens is 304 g/mol. The average molecular weight is 321 g/mol. The molecule has 1 saturated carbocycles. The van der Waals surface area contributed by atoms with Crippen LogP contribution in [0.1, 0.15) is 19.3 Å². The first-order chi connectivity index (χ1) is 10.5. The van der Waals surface area contributed by atoms with Crippen LogP contribution >= 0.6 is 11.6 Å². The number of halogens is 1. The normalized spacial score (nSPS) is 15.7. The number of carboxylic acids is 1. The maximum absolute atomic E-state index is 12.1. The first-order valence-corrected chi connectivity index (χ1v) is 7.67. The van der Waals surface area contributed by atoms with E-state index in [1.807, 2.05) is 12.1 Å². The van der Waals surface area contributed by atoms with Gasteiger partial charge in [-0.2, -0.15) is 0 Å². The summed E-state index contributed by atoms with van der Waals surface area (Å²) in [6.45, 7) is 0.0816. The fourth-order valence-corrected chi connectivity index (χ4v) is 2.76. The van der Waals surface area contributed by atoms with E-state index >= 15 is 0 Å². The highest BCUT2D eigenvalue weighted by molar-refractivity contribution is 6.31. The quantitative estimate of drug-likeness (QED) is 0.859. The van der Waals surface area contributed by atoms with Crippen molar-refractivity contribution in [2.45, 2.75) is 31.8 Å². The first kappa shape index (κ1) is 14.9. The zero-order valence-corrected chi connectivity index (χ0v) is 12.7. The second-order valence-corrected chi connectivity index (χ2v) is 6.22. The molecule has 1 amide bonds. The molecule has 5 nitrogen and oxygen atoms in total. The minimum absolute atomic E-state index is 0.0816. The Morgan fingerprint density at radius 3 is 2.82 bits per heavy atom. The lowest BCUT2D eigenvalue weighted by Crippen LogP contribution is -2.42. The number of benzene rings is 1. The first-order valence-electron chi connectivity index (χ1n) is 7.29. The van der Waals surface area contributed by atoms with Crippen molar-refractivity contribution in [3.63, 3.8) is 0 Å². The van der Waals surface area contributed by atoms with Crippen molar-refractivity contribution in [3.05, 3.63) is 35.5 Å². The molecule has 116 valence electrons. The molecule has 1 fully saturated rings. The molecule has 1 heterocycles. The van der Waals surface area contributed by atoms with E-state index in [1.54, 1.807) is 22.9 Å². The van der Waals surface area contributed by atoms with Gasteiger partial charge in [-0.15, -0.1) is 0 Å². The number of aromatic nitrogens is 1. The van der Waals surface area contributed by atoms with E-state index in [2.05, 4.69) is 5.32 Å². The number of carbonyl (C=O) groups is 2. The van der Waals surface area contributed by atoms with Crippen LogP contribution in [0.2, 0.25) is 5.02 Å². The summed E-state index contributed by atoms with van der Waals surface area (Å²) in [6, 6.07) is 6.58. The number of hydrogen-bond donors (Lipinski definition) is 2. The largest absolute Gasteiger partial charge is 0.480 e. The number of rotatable bonds is 6. The van der Waals surface area contributed by atoms with E-state index in [0.717, 1.165) is 23.7 Å². The predicted octanol–water partition coefficient (Wildman–Crippen LogP) is 2.66. The van der Waals surface area contributed by atoms with Crippen LogP contribution in [0.15, 0.2) is 30.5 Å². The number of carbonyl (C=O) groups excluding carboxylic acids is 1. The maximum atomic E-state index is 12.1. The Morgan fingerprint density at radius 2 is 2.14 bits per heavy atom. The molecule has 1 aliphatic carbocycles. The molecule has 0 aliphatic heterocycles. The van der Waals surface area contributed by atoms with E-state index in [9.17, 15) is 14.7 Å². The highest BCUT2D eigenvalue weighted by Crippen LogP contribution is 2.33. The summed E-state index contributed by atoms with van der Waals surface area (Å²) < 4.78 is 1.77. The molecule has 1 aliphatic rings. The van der Waals surface area contributed by atoms with Gasteiger partial charge in [0.2, 0.25) is 5.91 Å². The second kappa shape index (κ2) is 6.01. The van der Waals surface area contributed by atoms with Crippen molar-refractivity contribution in [1.29, 1.82) is 0 Å². The lowest BCUT2D eigenvalue weighted by Gasteiger charge is -2.14. The van der Waals surface area contributed by atoms with Crippen molar-refractivity contribution >= 4 is 34.4 Å². The van der Waals surface area contributed by atoms with Crippen molar-refractivity contribution in [1.82, 2.24) is 9.88 Å². The summed E-state index contributed by atoms with van der Waals surface area (Å²) in [5.74, 6) is -0.834. The van der Waals surface area contributed by atoms with E-state index in [4.69, 9.17) is 11.6 Å². The average Bonchev–Trinajstić information content (AvgIpc) is 3.20. The van der Waals surface area contributed by atoms with Gasteiger partial charge < -0.3 is 15.0 Å². The Balaban J connectivity index is 1.69. The van der Waals surface area contributed by atoms with Crippen molar-refractivity contribution < 1.29 is 14.7 Å². The van der Waals surface area contributed by atoms with Gasteiger partial charge in [0.1, 0.15) is 12.6 Å². The molecule has 3 rings (SSSR count). The SMILES string of the molecule is O=C(Cn1ccc2ccc(Cl)cc21)NC(CC1CC1)C(=O)O. The number of carboxylic acid groups (broad SMARTS) is 1. The predicted molar refractivity (Wildman–Crippen MR) is 83.9 cm³/mol. The highest BCUT2D eigenvalue weighted by Gasteiger charge is 2.30. The maximum Gasteiger partial charge on any atom is 0.326 e. The molecule has 6 heteroatoms. The molecule has 0 radical (unpaired) electrons. The number of aliphatic carboxylic acids is 1. The molecule has 1 unspecified atom stereocenters. The fourth-order valence-electron chi connectivity index (χ4n) is 2.60. The lowest BCUT2D eigenvalue weighted by atomic mass is 10.1. The smallest absolute Gasteiger partial charge is 0.326 e. The molecule has 1 aromatic heterocycles. The summed E-state index contributed by atoms with van der Waals surface area (Å²) in [5.41, 5.74) is 0.858. The van der Waals surface area contributed by atoms with Crippen LogP contribution < -0.4 is 5.32 Å². The van der Waals surface area contributed by atoms with Crippen molar-refractivity contribution in [2.75, 3.05) is 0 Å². The highest BCUT2D eigenvalue weighted by atomic mass is 35.5. The van der Waals surface area contributed by atoms with E-state index < -0.39 is 12.0 Å². The molecular formula is C16H17ClN2O3. The third-order valence-electron chi connectivity index (χ3n) is 3.95. The minimum Gasteiger partial charge on any atom is -0.480 e. The third kappa shape index (κ3) is 3.42. The Morgan fingerprint density at radius 1 is 1.36 bits per heavy atom. The number of nitrogens with one attached hydrogen (secondary N) is 1. The monoisotopic (exact) mass is 320 g/mol. The number of nitrogens with zero attached hydrogens (tertiary/aromatic N) is 1. The van der Waals surface area contributed by atoms with E-state index in [1.165, 1.54) is 0 Å². The lowest BCUT2D eigenvalue weighted by molar-refractivity contribution is -0.142. The number of fused-ring (bicyclic) bond motifs is 1. The van der Waals surface area contributed by atoms with Gasteiger partial charge in [0, 0.05) is 16.7 Å². The van der Waals surface area contributed by atoms with Crippen LogP contribution in [-0.2, 0) is 16.1 Å². The van der Waals surface area contributed by atoms with Gasteiger partial charge in [0.15, 0.2) is 0 Å². The number of hydrogen-bond acceptors (Lipinski definition) is 2. The van der Waals surface area contributed by atoms with Gasteiger partial charge in [-0.25, -0.2) is 4.79 Å². The Kier molecular flexibility index (Phi) is 4.07. The van der Waals surface area contributed by atoms with Crippen LogP contribution in [0.5, 0.6) is 0 Å². The molecule has 0 spiro atoms. The summed E-state index contributed by atoms with van der Waals surface area (Å²) in [7, 11) is 0. The van der Waals surface area contributed by atoms with Gasteiger partial charge in [-0.3, -0.25) is 4.79 Å². The summed E-state index contributed by atoms with van der Waals surface area (Å²) in [6.07, 6.45) is 4.43. The third-order valence-corrected chi connectivity index (χ3v) is 4.18. The molecule has 1 atom stereocenters. The Labute approximate surface area is 132 Å². The van der Waals surface area contributed by atoms with Crippen LogP contribution in [0.3, 0.4) is 0 Å². The Hall–Kier alpha value is -2.01. The van der Waals surface area contributed by atoms with Gasteiger partial charge in [0.05, 0.1) is 0 Å². The van der Waals surface area contributed by atoms with Gasteiger partial charge >= 0.3 is 5.97 Å². The minimum atomic E-state index is -0.972. The molecule has 22 heavy (non-hydrogen) atoms. The van der Waals surface area contributed by atoms with E-state index in [-0.39, 0.29) is 12.5 Å². The molecule has 0 bridgehead atoms. The van der Waals surface area contributed by atoms with Gasteiger partial charge in [0.25, 0.3) is 0 Å². The molecule has 1 aromatic carbocycles. The van der Waals surface area contributed by atoms with Crippen LogP contribution in [-0.4, -0.2) is 27.6 Å². The Bertz CT molecular complexity index is 721. The summed E-state index contributed by atoms with van der Waals surface area (Å²) in [4.78, 5) is 23.3. The topological polar surface area (TPSA) is 71.3 Å². The fraction of sp³-hybridized carbons (Fsp3) is 0.375. The standard InChI is InChI=1S/C16H17ClN2O3/c17-12-4-3-11-5-6-19(14(11)8-12)9-15(20)18-13(16(21)22)7-10-1-2-10/h3-6,8,10,13H,1-2,7,9H2,(H,18,20)(H,21,22). The number of amides is 1. The van der Waals surface area contributed by atoms with Crippen LogP contribution in [0, 0.1) is 5.92 Å². The molecule has 2 N–H and O–H groups in total. The van der Waals surface area contributed by atoms with Crippen LogP contribution in [0.25, 0.3) is 10.9 Å². The van der Waals surface area contributed by atoms with Gasteiger partial charge in [-0.05, 0) is 35.9 Å². The summed E-state index contributed by atoms with van der Waals surface area (Å²) in [5, 5.41) is 13.4.